The van der Waals surface area contributed by atoms with Gasteiger partial charge in [0.05, 0.1) is 0 Å². The van der Waals surface area contributed by atoms with E-state index in [4.69, 9.17) is 5.73 Å². The molecule has 6 heteroatoms. The number of fused-ring (bicyclic) bond motifs is 2. The first kappa shape index (κ1) is 12.0. The van der Waals surface area contributed by atoms with Crippen molar-refractivity contribution in [3.63, 3.8) is 0 Å². The molecule has 1 aromatic carbocycles. The topological polar surface area (TPSA) is 67.1 Å². The maximum atomic E-state index is 5.67. The summed E-state index contributed by atoms with van der Waals surface area (Å²) >= 11 is 1.48. The summed E-state index contributed by atoms with van der Waals surface area (Å²) in [7, 11) is 0. The van der Waals surface area contributed by atoms with Crippen molar-refractivity contribution in [2.24, 2.45) is 0 Å². The summed E-state index contributed by atoms with van der Waals surface area (Å²) in [5, 5.41) is 13.1. The van der Waals surface area contributed by atoms with Gasteiger partial charge in [0, 0.05) is 30.7 Å². The molecule has 0 radical (unpaired) electrons. The van der Waals surface area contributed by atoms with E-state index < -0.39 is 0 Å². The molecule has 3 heterocycles. The number of anilines is 3. The average Bonchev–Trinajstić information content (AvgIpc) is 3.06. The van der Waals surface area contributed by atoms with Gasteiger partial charge in [-0.1, -0.05) is 29.5 Å². The molecule has 1 aromatic heterocycles. The number of benzene rings is 1. The zero-order chi connectivity index (χ0) is 13.6. The van der Waals surface area contributed by atoms with E-state index >= 15 is 0 Å². The van der Waals surface area contributed by atoms with Gasteiger partial charge in [0.1, 0.15) is 0 Å². The SMILES string of the molecule is Nc1nnc(N2CCC3(CC2)CNc2ccccc23)s1. The predicted octanol–water partition coefficient (Wildman–Crippen LogP) is 2.08. The van der Waals surface area contributed by atoms with E-state index in [1.807, 2.05) is 0 Å². The Labute approximate surface area is 121 Å². The third-order valence-corrected chi connectivity index (χ3v) is 5.35. The van der Waals surface area contributed by atoms with Crippen molar-refractivity contribution >= 4 is 27.3 Å². The van der Waals surface area contributed by atoms with Gasteiger partial charge >= 0.3 is 0 Å². The predicted molar refractivity (Wildman–Crippen MR) is 82.4 cm³/mol. The molecule has 0 atom stereocenters. The van der Waals surface area contributed by atoms with Crippen molar-refractivity contribution in [2.75, 3.05) is 35.6 Å². The highest BCUT2D eigenvalue weighted by Crippen LogP contribution is 2.44. The summed E-state index contributed by atoms with van der Waals surface area (Å²) in [5.74, 6) is 0. The molecule has 0 amide bonds. The number of hydrogen-bond donors (Lipinski definition) is 2. The van der Waals surface area contributed by atoms with Crippen LogP contribution >= 0.6 is 11.3 Å². The molecule has 5 nitrogen and oxygen atoms in total. The second-order valence-electron chi connectivity index (χ2n) is 5.59. The van der Waals surface area contributed by atoms with Crippen molar-refractivity contribution < 1.29 is 0 Å². The molecule has 0 aliphatic carbocycles. The molecule has 2 aliphatic rings. The zero-order valence-electron chi connectivity index (χ0n) is 11.2. The van der Waals surface area contributed by atoms with E-state index in [2.05, 4.69) is 44.7 Å². The van der Waals surface area contributed by atoms with Gasteiger partial charge in [-0.05, 0) is 24.5 Å². The maximum absolute atomic E-state index is 5.67. The smallest absolute Gasteiger partial charge is 0.209 e. The monoisotopic (exact) mass is 287 g/mol. The summed E-state index contributed by atoms with van der Waals surface area (Å²) in [6.45, 7) is 3.09. The van der Waals surface area contributed by atoms with Crippen molar-refractivity contribution in [1.29, 1.82) is 0 Å². The number of aromatic nitrogens is 2. The normalized spacial score (nSPS) is 19.9. The highest BCUT2D eigenvalue weighted by molar-refractivity contribution is 7.18. The van der Waals surface area contributed by atoms with Crippen LogP contribution in [0.1, 0.15) is 18.4 Å². The molecule has 1 saturated heterocycles. The third-order valence-electron chi connectivity index (χ3n) is 4.54. The average molecular weight is 287 g/mol. The van der Waals surface area contributed by atoms with Crippen LogP contribution in [0.25, 0.3) is 0 Å². The number of nitrogens with one attached hydrogen (secondary N) is 1. The van der Waals surface area contributed by atoms with E-state index in [0.717, 1.165) is 37.6 Å². The molecular weight excluding hydrogens is 270 g/mol. The number of hydrogen-bond acceptors (Lipinski definition) is 6. The molecule has 2 aromatic rings. The Kier molecular flexibility index (Phi) is 2.60. The van der Waals surface area contributed by atoms with Gasteiger partial charge in [0.2, 0.25) is 10.3 Å². The molecule has 3 N–H and O–H groups in total. The van der Waals surface area contributed by atoms with Crippen LogP contribution in [-0.2, 0) is 5.41 Å². The number of nitrogen functional groups attached to an aromatic ring is 1. The van der Waals surface area contributed by atoms with E-state index in [1.54, 1.807) is 0 Å². The minimum absolute atomic E-state index is 0.295. The van der Waals surface area contributed by atoms with Crippen molar-refractivity contribution in [3.05, 3.63) is 29.8 Å². The summed E-state index contributed by atoms with van der Waals surface area (Å²) in [6, 6.07) is 8.70. The van der Waals surface area contributed by atoms with Gasteiger partial charge in [0.15, 0.2) is 0 Å². The Morgan fingerprint density at radius 1 is 1.20 bits per heavy atom. The van der Waals surface area contributed by atoms with Crippen LogP contribution in [0.15, 0.2) is 24.3 Å². The molecule has 0 bridgehead atoms. The summed E-state index contributed by atoms with van der Waals surface area (Å²) in [4.78, 5) is 2.31. The fourth-order valence-corrected chi connectivity index (χ4v) is 4.05. The van der Waals surface area contributed by atoms with Gasteiger partial charge in [-0.3, -0.25) is 0 Å². The first-order valence-corrected chi connectivity index (χ1v) is 7.76. The van der Waals surface area contributed by atoms with E-state index in [-0.39, 0.29) is 0 Å². The summed E-state index contributed by atoms with van der Waals surface area (Å²) in [5.41, 5.74) is 8.76. The fraction of sp³-hybridized carbons (Fsp3) is 0.429. The van der Waals surface area contributed by atoms with Crippen LogP contribution in [0.2, 0.25) is 0 Å². The van der Waals surface area contributed by atoms with E-state index in [9.17, 15) is 0 Å². The van der Waals surface area contributed by atoms with E-state index in [0.29, 0.717) is 10.5 Å². The van der Waals surface area contributed by atoms with Crippen LogP contribution < -0.4 is 16.0 Å². The Hall–Kier alpha value is -1.82. The maximum Gasteiger partial charge on any atom is 0.209 e. The van der Waals surface area contributed by atoms with E-state index in [1.165, 1.54) is 22.6 Å². The molecule has 104 valence electrons. The molecule has 4 rings (SSSR count). The second kappa shape index (κ2) is 4.34. The third kappa shape index (κ3) is 1.75. The highest BCUT2D eigenvalue weighted by atomic mass is 32.1. The molecule has 1 spiro atoms. The van der Waals surface area contributed by atoms with Crippen LogP contribution in [-0.4, -0.2) is 29.8 Å². The fourth-order valence-electron chi connectivity index (χ4n) is 3.39. The lowest BCUT2D eigenvalue weighted by molar-refractivity contribution is 0.361. The van der Waals surface area contributed by atoms with Crippen molar-refractivity contribution in [2.45, 2.75) is 18.3 Å². The first-order valence-electron chi connectivity index (χ1n) is 6.94. The Bertz CT molecular complexity index is 630. The molecule has 1 fully saturated rings. The number of rotatable bonds is 1. The minimum Gasteiger partial charge on any atom is -0.384 e. The number of para-hydroxylation sites is 1. The summed E-state index contributed by atoms with van der Waals surface area (Å²) in [6.07, 6.45) is 2.30. The highest BCUT2D eigenvalue weighted by Gasteiger charge is 2.41. The van der Waals surface area contributed by atoms with Crippen molar-refractivity contribution in [3.8, 4) is 0 Å². The van der Waals surface area contributed by atoms with Gasteiger partial charge in [0.25, 0.3) is 0 Å². The van der Waals surface area contributed by atoms with Gasteiger partial charge in [-0.15, -0.1) is 10.2 Å². The number of nitrogens with zero attached hydrogens (tertiary/aromatic N) is 3. The Balaban J connectivity index is 1.56. The molecular formula is C14H17N5S. The number of nitrogens with two attached hydrogens (primary N) is 1. The van der Waals surface area contributed by atoms with Crippen LogP contribution in [0.3, 0.4) is 0 Å². The number of piperidine rings is 1. The zero-order valence-corrected chi connectivity index (χ0v) is 12.0. The quantitative estimate of drug-likeness (QED) is 0.840. The lowest BCUT2D eigenvalue weighted by Crippen LogP contribution is -2.43. The first-order chi connectivity index (χ1) is 9.77. The second-order valence-corrected chi connectivity index (χ2v) is 6.58. The van der Waals surface area contributed by atoms with Gasteiger partial charge in [-0.25, -0.2) is 0 Å². The lowest BCUT2D eigenvalue weighted by Gasteiger charge is -2.39. The van der Waals surface area contributed by atoms with Crippen molar-refractivity contribution in [1.82, 2.24) is 10.2 Å². The largest absolute Gasteiger partial charge is 0.384 e. The van der Waals surface area contributed by atoms with Crippen LogP contribution in [0.5, 0.6) is 0 Å². The van der Waals surface area contributed by atoms with Crippen LogP contribution in [0, 0.1) is 0 Å². The van der Waals surface area contributed by atoms with Gasteiger partial charge < -0.3 is 16.0 Å². The van der Waals surface area contributed by atoms with Gasteiger partial charge in [-0.2, -0.15) is 0 Å². The molecule has 0 saturated carbocycles. The minimum atomic E-state index is 0.295. The molecule has 0 unspecified atom stereocenters. The standard InChI is InChI=1S/C14H17N5S/c15-12-17-18-13(20-12)19-7-5-14(6-8-19)9-16-11-4-2-1-3-10(11)14/h1-4,16H,5-9H2,(H2,15,17). The summed E-state index contributed by atoms with van der Waals surface area (Å²) < 4.78 is 0. The Morgan fingerprint density at radius 2 is 2.00 bits per heavy atom. The molecule has 20 heavy (non-hydrogen) atoms. The lowest BCUT2D eigenvalue weighted by atomic mass is 9.74. The Morgan fingerprint density at radius 3 is 2.75 bits per heavy atom. The molecule has 2 aliphatic heterocycles. The van der Waals surface area contributed by atoms with Crippen LogP contribution in [0.4, 0.5) is 16.0 Å².